The monoisotopic (exact) mass is 300 g/mol. The molecule has 1 aliphatic rings. The van der Waals surface area contributed by atoms with E-state index in [1.165, 1.54) is 16.8 Å². The van der Waals surface area contributed by atoms with E-state index in [1.807, 2.05) is 12.1 Å². The molecule has 1 N–H and O–H groups in total. The quantitative estimate of drug-likeness (QED) is 0.920. The van der Waals surface area contributed by atoms with Crippen LogP contribution in [0, 0.1) is 0 Å². The van der Waals surface area contributed by atoms with Gasteiger partial charge in [0.25, 0.3) is 0 Å². The molecule has 1 atom stereocenters. The molecule has 1 heterocycles. The number of hydrogen-bond acceptors (Lipinski definition) is 2. The van der Waals surface area contributed by atoms with Crippen LogP contribution in [0.1, 0.15) is 24.1 Å². The number of hydrogen-bond donors (Lipinski definition) is 1. The molecule has 110 valence electrons. The fraction of sp³-hybridized carbons (Fsp3) is 0.333. The Bertz CT molecular complexity index is 612. The van der Waals surface area contributed by atoms with E-state index in [0.29, 0.717) is 6.04 Å². The van der Waals surface area contributed by atoms with Crippen LogP contribution in [0.4, 0.5) is 5.69 Å². The third kappa shape index (κ3) is 3.39. The Hall–Kier alpha value is -1.51. The summed E-state index contributed by atoms with van der Waals surface area (Å²) in [6, 6.07) is 17.4. The van der Waals surface area contributed by atoms with E-state index in [9.17, 15) is 0 Å². The summed E-state index contributed by atoms with van der Waals surface area (Å²) in [6.45, 7) is 5.22. The summed E-state index contributed by atoms with van der Waals surface area (Å²) < 4.78 is 0. The molecule has 2 nitrogen and oxygen atoms in total. The Kier molecular flexibility index (Phi) is 4.47. The van der Waals surface area contributed by atoms with E-state index in [4.69, 9.17) is 11.6 Å². The molecule has 1 aliphatic heterocycles. The first-order valence-corrected chi connectivity index (χ1v) is 7.97. The average Bonchev–Trinajstić information content (AvgIpc) is 2.55. The second kappa shape index (κ2) is 6.50. The van der Waals surface area contributed by atoms with Gasteiger partial charge in [0.15, 0.2) is 0 Å². The van der Waals surface area contributed by atoms with Crippen molar-refractivity contribution < 1.29 is 0 Å². The number of nitrogens with zero attached hydrogens (tertiary/aromatic N) is 1. The Morgan fingerprint density at radius 3 is 2.86 bits per heavy atom. The van der Waals surface area contributed by atoms with Crippen LogP contribution in [0.2, 0.25) is 5.02 Å². The van der Waals surface area contributed by atoms with E-state index in [0.717, 1.165) is 31.1 Å². The number of anilines is 1. The first-order valence-electron chi connectivity index (χ1n) is 7.59. The van der Waals surface area contributed by atoms with Gasteiger partial charge in [0, 0.05) is 36.4 Å². The minimum Gasteiger partial charge on any atom is -0.368 e. The summed E-state index contributed by atoms with van der Waals surface area (Å²) in [5.74, 6) is 0. The van der Waals surface area contributed by atoms with E-state index in [1.54, 1.807) is 0 Å². The highest BCUT2D eigenvalue weighted by atomic mass is 35.5. The lowest BCUT2D eigenvalue weighted by atomic mass is 10.0. The first kappa shape index (κ1) is 14.4. The predicted molar refractivity (Wildman–Crippen MR) is 90.2 cm³/mol. The normalized spacial score (nSPS) is 18.8. The lowest BCUT2D eigenvalue weighted by molar-refractivity contribution is 0.472. The molecular formula is C18H21ClN2. The fourth-order valence-corrected chi connectivity index (χ4v) is 3.10. The third-order valence-electron chi connectivity index (χ3n) is 4.11. The van der Waals surface area contributed by atoms with Gasteiger partial charge in [-0.25, -0.2) is 0 Å². The molecule has 0 bridgehead atoms. The molecule has 1 saturated heterocycles. The van der Waals surface area contributed by atoms with Crippen molar-refractivity contribution in [3.05, 3.63) is 64.7 Å². The number of aryl methyl sites for hydroxylation is 1. The molecule has 21 heavy (non-hydrogen) atoms. The van der Waals surface area contributed by atoms with Gasteiger partial charge >= 0.3 is 0 Å². The molecule has 0 aromatic heterocycles. The SMILES string of the molecule is CCc1cccc(N2CCNC(c3cccc(Cl)c3)C2)c1. The largest absolute Gasteiger partial charge is 0.368 e. The first-order chi connectivity index (χ1) is 10.3. The standard InChI is InChI=1S/C18H21ClN2/c1-2-14-5-3-8-17(11-14)21-10-9-20-18(13-21)15-6-4-7-16(19)12-15/h3-8,11-12,18,20H,2,9-10,13H2,1H3. The van der Waals surface area contributed by atoms with Crippen molar-refractivity contribution in [3.8, 4) is 0 Å². The molecular weight excluding hydrogens is 280 g/mol. The van der Waals surface area contributed by atoms with Crippen molar-refractivity contribution in [2.45, 2.75) is 19.4 Å². The van der Waals surface area contributed by atoms with Gasteiger partial charge in [0.2, 0.25) is 0 Å². The van der Waals surface area contributed by atoms with Crippen LogP contribution in [0.5, 0.6) is 0 Å². The van der Waals surface area contributed by atoms with Gasteiger partial charge in [-0.2, -0.15) is 0 Å². The molecule has 3 rings (SSSR count). The van der Waals surface area contributed by atoms with Gasteiger partial charge in [-0.1, -0.05) is 42.8 Å². The molecule has 0 amide bonds. The summed E-state index contributed by atoms with van der Waals surface area (Å²) >= 11 is 6.12. The zero-order chi connectivity index (χ0) is 14.7. The highest BCUT2D eigenvalue weighted by Crippen LogP contribution is 2.25. The van der Waals surface area contributed by atoms with Crippen LogP contribution < -0.4 is 10.2 Å². The van der Waals surface area contributed by atoms with Crippen molar-refractivity contribution in [1.29, 1.82) is 0 Å². The Morgan fingerprint density at radius 2 is 2.05 bits per heavy atom. The molecule has 2 aromatic carbocycles. The zero-order valence-corrected chi connectivity index (χ0v) is 13.1. The predicted octanol–water partition coefficient (Wildman–Crippen LogP) is 4.05. The molecule has 2 aromatic rings. The number of rotatable bonds is 3. The molecule has 0 radical (unpaired) electrons. The van der Waals surface area contributed by atoms with E-state index < -0.39 is 0 Å². The molecule has 1 unspecified atom stereocenters. The third-order valence-corrected chi connectivity index (χ3v) is 4.35. The average molecular weight is 301 g/mol. The van der Waals surface area contributed by atoms with E-state index in [2.05, 4.69) is 53.5 Å². The lowest BCUT2D eigenvalue weighted by Crippen LogP contribution is -2.45. The molecule has 0 saturated carbocycles. The topological polar surface area (TPSA) is 15.3 Å². The minimum absolute atomic E-state index is 0.336. The van der Waals surface area contributed by atoms with Crippen molar-refractivity contribution in [2.75, 3.05) is 24.5 Å². The van der Waals surface area contributed by atoms with Gasteiger partial charge in [-0.3, -0.25) is 0 Å². The van der Waals surface area contributed by atoms with Crippen LogP contribution in [0.3, 0.4) is 0 Å². The second-order valence-electron chi connectivity index (χ2n) is 5.53. The van der Waals surface area contributed by atoms with Gasteiger partial charge in [0.1, 0.15) is 0 Å². The van der Waals surface area contributed by atoms with Crippen molar-refractivity contribution >= 4 is 17.3 Å². The minimum atomic E-state index is 0.336. The van der Waals surface area contributed by atoms with E-state index >= 15 is 0 Å². The van der Waals surface area contributed by atoms with Crippen molar-refractivity contribution in [1.82, 2.24) is 5.32 Å². The van der Waals surface area contributed by atoms with Crippen LogP contribution in [0.15, 0.2) is 48.5 Å². The smallest absolute Gasteiger partial charge is 0.0499 e. The van der Waals surface area contributed by atoms with Gasteiger partial charge in [-0.15, -0.1) is 0 Å². The van der Waals surface area contributed by atoms with Crippen LogP contribution in [0.25, 0.3) is 0 Å². The Balaban J connectivity index is 1.79. The summed E-state index contributed by atoms with van der Waals surface area (Å²) in [5.41, 5.74) is 3.98. The van der Waals surface area contributed by atoms with Gasteiger partial charge < -0.3 is 10.2 Å². The Labute approximate surface area is 131 Å². The molecule has 0 spiro atoms. The Morgan fingerprint density at radius 1 is 1.19 bits per heavy atom. The summed E-state index contributed by atoms with van der Waals surface area (Å²) in [4.78, 5) is 2.46. The molecule has 1 fully saturated rings. The maximum atomic E-state index is 6.12. The van der Waals surface area contributed by atoms with Gasteiger partial charge in [0.05, 0.1) is 0 Å². The van der Waals surface area contributed by atoms with Crippen LogP contribution in [-0.4, -0.2) is 19.6 Å². The maximum Gasteiger partial charge on any atom is 0.0499 e. The summed E-state index contributed by atoms with van der Waals surface area (Å²) in [5, 5.41) is 4.40. The zero-order valence-electron chi connectivity index (χ0n) is 12.3. The highest BCUT2D eigenvalue weighted by molar-refractivity contribution is 6.30. The molecule has 3 heteroatoms. The van der Waals surface area contributed by atoms with Gasteiger partial charge in [-0.05, 0) is 41.8 Å². The molecule has 0 aliphatic carbocycles. The van der Waals surface area contributed by atoms with Crippen LogP contribution >= 0.6 is 11.6 Å². The number of piperazine rings is 1. The van der Waals surface area contributed by atoms with Crippen LogP contribution in [-0.2, 0) is 6.42 Å². The van der Waals surface area contributed by atoms with E-state index in [-0.39, 0.29) is 0 Å². The highest BCUT2D eigenvalue weighted by Gasteiger charge is 2.21. The van der Waals surface area contributed by atoms with Crippen molar-refractivity contribution in [3.63, 3.8) is 0 Å². The maximum absolute atomic E-state index is 6.12. The number of benzene rings is 2. The number of halogens is 1. The van der Waals surface area contributed by atoms with Crippen molar-refractivity contribution in [2.24, 2.45) is 0 Å². The fourth-order valence-electron chi connectivity index (χ4n) is 2.90. The lowest BCUT2D eigenvalue weighted by Gasteiger charge is -2.35. The summed E-state index contributed by atoms with van der Waals surface area (Å²) in [6.07, 6.45) is 1.08. The second-order valence-corrected chi connectivity index (χ2v) is 5.97. The summed E-state index contributed by atoms with van der Waals surface area (Å²) in [7, 11) is 0. The number of nitrogens with one attached hydrogen (secondary N) is 1.